The van der Waals surface area contributed by atoms with Crippen LogP contribution in [-0.4, -0.2) is 52.0 Å². The van der Waals surface area contributed by atoms with Gasteiger partial charge in [-0.05, 0) is 13.3 Å². The summed E-state index contributed by atoms with van der Waals surface area (Å²) in [6, 6.07) is 0. The first-order valence-corrected chi connectivity index (χ1v) is 10.5. The lowest BCUT2D eigenvalue weighted by Crippen LogP contribution is -2.36. The largest absolute Gasteiger partial charge is 0.345 e. The van der Waals surface area contributed by atoms with Crippen molar-refractivity contribution in [3.63, 3.8) is 0 Å². The summed E-state index contributed by atoms with van der Waals surface area (Å²) in [6.07, 6.45) is 2.89. The van der Waals surface area contributed by atoms with Crippen molar-refractivity contribution in [3.05, 3.63) is 21.1 Å². The molecule has 3 rings (SSSR count). The molecule has 0 aromatic carbocycles. The van der Waals surface area contributed by atoms with E-state index >= 15 is 0 Å². The SMILES string of the molecule is CCCc1nnc(N2CC(C(=O)N(C)CCc3scnc3C)CC2=O)s1. The fourth-order valence-electron chi connectivity index (χ4n) is 2.98. The van der Waals surface area contributed by atoms with Crippen molar-refractivity contribution in [1.29, 1.82) is 0 Å². The third kappa shape index (κ3) is 4.09. The quantitative estimate of drug-likeness (QED) is 0.721. The molecular formula is C17H23N5O2S2. The molecule has 0 aliphatic carbocycles. The maximum absolute atomic E-state index is 12.7. The average Bonchev–Trinajstić information content (AvgIpc) is 3.33. The van der Waals surface area contributed by atoms with Gasteiger partial charge in [-0.1, -0.05) is 18.3 Å². The lowest BCUT2D eigenvalue weighted by molar-refractivity contribution is -0.134. The van der Waals surface area contributed by atoms with E-state index in [9.17, 15) is 9.59 Å². The standard InChI is InChI=1S/C17H23N5O2S2/c1-4-5-14-19-20-17(26-14)22-9-12(8-15(22)23)16(24)21(3)7-6-13-11(2)18-10-25-13/h10,12H,4-9H2,1-3H3. The molecule has 1 saturated heterocycles. The molecular weight excluding hydrogens is 370 g/mol. The fraction of sp³-hybridized carbons (Fsp3) is 0.588. The van der Waals surface area contributed by atoms with E-state index in [1.165, 1.54) is 16.2 Å². The molecule has 9 heteroatoms. The highest BCUT2D eigenvalue weighted by Crippen LogP contribution is 2.29. The summed E-state index contributed by atoms with van der Waals surface area (Å²) < 4.78 is 0. The third-order valence-corrected chi connectivity index (χ3v) is 6.52. The number of likely N-dealkylation sites (N-methyl/N-ethyl adjacent to an activating group) is 1. The van der Waals surface area contributed by atoms with Crippen LogP contribution in [0.25, 0.3) is 0 Å². The van der Waals surface area contributed by atoms with Crippen LogP contribution in [0.4, 0.5) is 5.13 Å². The van der Waals surface area contributed by atoms with Crippen molar-refractivity contribution >= 4 is 39.6 Å². The van der Waals surface area contributed by atoms with Gasteiger partial charge in [0.2, 0.25) is 16.9 Å². The Hall–Kier alpha value is -1.87. The van der Waals surface area contributed by atoms with Crippen LogP contribution in [0.1, 0.15) is 35.3 Å². The fourth-order valence-corrected chi connectivity index (χ4v) is 4.72. The molecule has 1 unspecified atom stereocenters. The van der Waals surface area contributed by atoms with Crippen LogP contribution in [0.2, 0.25) is 0 Å². The number of hydrogen-bond acceptors (Lipinski definition) is 7. The Labute approximate surface area is 161 Å². The summed E-state index contributed by atoms with van der Waals surface area (Å²) in [4.78, 5) is 33.9. The molecule has 1 atom stereocenters. The highest BCUT2D eigenvalue weighted by molar-refractivity contribution is 7.15. The van der Waals surface area contributed by atoms with Gasteiger partial charge >= 0.3 is 0 Å². The molecule has 1 aliphatic rings. The van der Waals surface area contributed by atoms with E-state index in [0.717, 1.165) is 30.0 Å². The van der Waals surface area contributed by atoms with Crippen LogP contribution in [0.15, 0.2) is 5.51 Å². The maximum Gasteiger partial charge on any atom is 0.229 e. The molecule has 3 heterocycles. The predicted octanol–water partition coefficient (Wildman–Crippen LogP) is 2.31. The summed E-state index contributed by atoms with van der Waals surface area (Å²) in [5.74, 6) is -0.343. The Morgan fingerprint density at radius 3 is 2.88 bits per heavy atom. The number of thiazole rings is 1. The van der Waals surface area contributed by atoms with E-state index < -0.39 is 0 Å². The minimum Gasteiger partial charge on any atom is -0.345 e. The van der Waals surface area contributed by atoms with E-state index in [0.29, 0.717) is 18.2 Å². The number of amides is 2. The van der Waals surface area contributed by atoms with E-state index in [4.69, 9.17) is 0 Å². The smallest absolute Gasteiger partial charge is 0.229 e. The lowest BCUT2D eigenvalue weighted by Gasteiger charge is -2.20. The van der Waals surface area contributed by atoms with Crippen LogP contribution in [0, 0.1) is 12.8 Å². The van der Waals surface area contributed by atoms with Crippen LogP contribution in [-0.2, 0) is 22.4 Å². The van der Waals surface area contributed by atoms with Crippen LogP contribution < -0.4 is 4.90 Å². The van der Waals surface area contributed by atoms with Gasteiger partial charge in [0.25, 0.3) is 0 Å². The molecule has 1 fully saturated rings. The summed E-state index contributed by atoms with van der Waals surface area (Å²) in [7, 11) is 1.80. The molecule has 2 amide bonds. The normalized spacial score (nSPS) is 17.1. The zero-order valence-electron chi connectivity index (χ0n) is 15.3. The number of rotatable bonds is 7. The Morgan fingerprint density at radius 2 is 2.19 bits per heavy atom. The summed E-state index contributed by atoms with van der Waals surface area (Å²) in [5.41, 5.74) is 2.85. The number of aryl methyl sites for hydroxylation is 2. The molecule has 140 valence electrons. The molecule has 2 aromatic rings. The van der Waals surface area contributed by atoms with Gasteiger partial charge in [-0.2, -0.15) is 0 Å². The van der Waals surface area contributed by atoms with Crippen molar-refractivity contribution in [3.8, 4) is 0 Å². The lowest BCUT2D eigenvalue weighted by atomic mass is 10.1. The van der Waals surface area contributed by atoms with Crippen molar-refractivity contribution < 1.29 is 9.59 Å². The monoisotopic (exact) mass is 393 g/mol. The molecule has 0 N–H and O–H groups in total. The number of carbonyl (C=O) groups is 2. The molecule has 7 nitrogen and oxygen atoms in total. The highest BCUT2D eigenvalue weighted by atomic mass is 32.1. The number of aromatic nitrogens is 3. The van der Waals surface area contributed by atoms with Gasteiger partial charge in [0, 0.05) is 44.3 Å². The van der Waals surface area contributed by atoms with Gasteiger partial charge in [-0.3, -0.25) is 14.5 Å². The van der Waals surface area contributed by atoms with E-state index in [1.807, 2.05) is 12.4 Å². The van der Waals surface area contributed by atoms with E-state index in [-0.39, 0.29) is 24.2 Å². The minimum absolute atomic E-state index is 0.0151. The summed E-state index contributed by atoms with van der Waals surface area (Å²) in [5, 5.41) is 9.80. The first-order valence-electron chi connectivity index (χ1n) is 8.76. The molecule has 26 heavy (non-hydrogen) atoms. The van der Waals surface area contributed by atoms with Gasteiger partial charge < -0.3 is 4.90 Å². The van der Waals surface area contributed by atoms with Crippen molar-refractivity contribution in [1.82, 2.24) is 20.1 Å². The molecule has 0 saturated carbocycles. The van der Waals surface area contributed by atoms with E-state index in [1.54, 1.807) is 28.2 Å². The van der Waals surface area contributed by atoms with Crippen LogP contribution in [0.3, 0.4) is 0 Å². The summed E-state index contributed by atoms with van der Waals surface area (Å²) >= 11 is 3.06. The molecule has 0 radical (unpaired) electrons. The average molecular weight is 394 g/mol. The third-order valence-electron chi connectivity index (χ3n) is 4.52. The zero-order valence-corrected chi connectivity index (χ0v) is 16.9. The predicted molar refractivity (Wildman–Crippen MR) is 103 cm³/mol. The van der Waals surface area contributed by atoms with Gasteiger partial charge in [-0.15, -0.1) is 21.5 Å². The first-order chi connectivity index (χ1) is 12.5. The van der Waals surface area contributed by atoms with Gasteiger partial charge in [-0.25, -0.2) is 4.98 Å². The van der Waals surface area contributed by atoms with Gasteiger partial charge in [0.15, 0.2) is 0 Å². The van der Waals surface area contributed by atoms with E-state index in [2.05, 4.69) is 22.1 Å². The second kappa shape index (κ2) is 8.22. The molecule has 0 bridgehead atoms. The number of hydrogen-bond donors (Lipinski definition) is 0. The number of anilines is 1. The molecule has 2 aromatic heterocycles. The van der Waals surface area contributed by atoms with Crippen molar-refractivity contribution in [2.75, 3.05) is 25.0 Å². The van der Waals surface area contributed by atoms with Gasteiger partial charge in [0.1, 0.15) is 5.01 Å². The maximum atomic E-state index is 12.7. The first kappa shape index (κ1) is 18.9. The van der Waals surface area contributed by atoms with Gasteiger partial charge in [0.05, 0.1) is 17.1 Å². The Balaban J connectivity index is 1.58. The number of carbonyl (C=O) groups excluding carboxylic acids is 2. The second-order valence-corrected chi connectivity index (χ2v) is 8.48. The Morgan fingerprint density at radius 1 is 1.38 bits per heavy atom. The summed E-state index contributed by atoms with van der Waals surface area (Å²) in [6.45, 7) is 5.09. The Kier molecular flexibility index (Phi) is 5.98. The Bertz CT molecular complexity index is 788. The minimum atomic E-state index is -0.311. The topological polar surface area (TPSA) is 79.3 Å². The van der Waals surface area contributed by atoms with Crippen LogP contribution in [0.5, 0.6) is 0 Å². The number of nitrogens with zero attached hydrogens (tertiary/aromatic N) is 5. The molecule has 0 spiro atoms. The molecule has 1 aliphatic heterocycles. The van der Waals surface area contributed by atoms with Crippen molar-refractivity contribution in [2.24, 2.45) is 5.92 Å². The van der Waals surface area contributed by atoms with Crippen molar-refractivity contribution in [2.45, 2.75) is 39.5 Å². The zero-order chi connectivity index (χ0) is 18.7. The highest BCUT2D eigenvalue weighted by Gasteiger charge is 2.37. The van der Waals surface area contributed by atoms with Crippen LogP contribution >= 0.6 is 22.7 Å². The second-order valence-electron chi connectivity index (χ2n) is 6.50.